The van der Waals surface area contributed by atoms with Crippen LogP contribution in [0.25, 0.3) is 10.2 Å². The Bertz CT molecular complexity index is 589. The van der Waals surface area contributed by atoms with E-state index in [-0.39, 0.29) is 5.75 Å². The molecule has 0 atom stereocenters. The largest absolute Gasteiger partial charge is 0.286 e. The average Bonchev–Trinajstić information content (AvgIpc) is 2.60. The highest BCUT2D eigenvalue weighted by molar-refractivity contribution is 7.85. The normalized spacial score (nSPS) is 12.1. The SMILES string of the molecule is O=S(=O)(O)CCC[n+]1csc2ccccc21. The number of hydrogen-bond donors (Lipinski definition) is 1. The van der Waals surface area contributed by atoms with Crippen LogP contribution in [0.15, 0.2) is 29.8 Å². The molecule has 2 rings (SSSR count). The van der Waals surface area contributed by atoms with Crippen LogP contribution in [0.5, 0.6) is 0 Å². The smallest absolute Gasteiger partial charge is 0.265 e. The fourth-order valence-corrected chi connectivity index (χ4v) is 2.98. The lowest BCUT2D eigenvalue weighted by Gasteiger charge is -1.94. The fourth-order valence-electron chi connectivity index (χ4n) is 1.56. The fraction of sp³-hybridized carbons (Fsp3) is 0.300. The summed E-state index contributed by atoms with van der Waals surface area (Å²) in [5.41, 5.74) is 3.07. The van der Waals surface area contributed by atoms with Gasteiger partial charge in [0, 0.05) is 12.5 Å². The van der Waals surface area contributed by atoms with Crippen molar-refractivity contribution in [2.75, 3.05) is 5.75 Å². The first-order chi connectivity index (χ1) is 7.56. The summed E-state index contributed by atoms with van der Waals surface area (Å²) in [5, 5.41) is 0. The van der Waals surface area contributed by atoms with Crippen LogP contribution in [-0.4, -0.2) is 18.7 Å². The van der Waals surface area contributed by atoms with Crippen LogP contribution in [0.4, 0.5) is 0 Å². The van der Waals surface area contributed by atoms with Gasteiger partial charge >= 0.3 is 0 Å². The zero-order valence-electron chi connectivity index (χ0n) is 8.54. The zero-order chi connectivity index (χ0) is 11.6. The van der Waals surface area contributed by atoms with E-state index in [1.54, 1.807) is 11.3 Å². The molecule has 0 fully saturated rings. The van der Waals surface area contributed by atoms with Crippen molar-refractivity contribution in [1.82, 2.24) is 0 Å². The first kappa shape index (κ1) is 11.5. The van der Waals surface area contributed by atoms with Crippen molar-refractivity contribution in [1.29, 1.82) is 0 Å². The third-order valence-corrected chi connectivity index (χ3v) is 4.05. The van der Waals surface area contributed by atoms with Crippen molar-refractivity contribution in [3.63, 3.8) is 0 Å². The molecule has 1 heterocycles. The summed E-state index contributed by atoms with van der Waals surface area (Å²) < 4.78 is 33.0. The van der Waals surface area contributed by atoms with Crippen molar-refractivity contribution in [3.05, 3.63) is 29.8 Å². The molecule has 2 aromatic rings. The molecule has 1 aromatic heterocycles. The molecule has 1 aromatic carbocycles. The quantitative estimate of drug-likeness (QED) is 0.667. The van der Waals surface area contributed by atoms with Gasteiger partial charge in [0.2, 0.25) is 11.0 Å². The molecule has 16 heavy (non-hydrogen) atoms. The summed E-state index contributed by atoms with van der Waals surface area (Å²) in [6.45, 7) is 0.601. The Morgan fingerprint density at radius 3 is 2.81 bits per heavy atom. The number of aryl methyl sites for hydroxylation is 1. The number of hydrogen-bond acceptors (Lipinski definition) is 3. The van der Waals surface area contributed by atoms with E-state index in [2.05, 4.69) is 0 Å². The predicted molar refractivity (Wildman–Crippen MR) is 63.1 cm³/mol. The lowest BCUT2D eigenvalue weighted by molar-refractivity contribution is -0.667. The van der Waals surface area contributed by atoms with E-state index in [1.165, 1.54) is 4.70 Å². The summed E-state index contributed by atoms with van der Waals surface area (Å²) in [6, 6.07) is 7.95. The minimum atomic E-state index is -3.84. The molecule has 1 N–H and O–H groups in total. The van der Waals surface area contributed by atoms with Crippen LogP contribution in [0.3, 0.4) is 0 Å². The van der Waals surface area contributed by atoms with Crippen molar-refractivity contribution in [3.8, 4) is 0 Å². The summed E-state index contributed by atoms with van der Waals surface area (Å²) in [6.07, 6.45) is 0.421. The molecule has 4 nitrogen and oxygen atoms in total. The van der Waals surface area contributed by atoms with Crippen LogP contribution in [0.1, 0.15) is 6.42 Å². The second-order valence-electron chi connectivity index (χ2n) is 3.52. The number of para-hydroxylation sites is 1. The van der Waals surface area contributed by atoms with Gasteiger partial charge in [0.1, 0.15) is 4.70 Å². The van der Waals surface area contributed by atoms with E-state index in [9.17, 15) is 8.42 Å². The Morgan fingerprint density at radius 1 is 1.31 bits per heavy atom. The molecule has 0 aliphatic heterocycles. The molecule has 0 bridgehead atoms. The molecule has 0 aliphatic carbocycles. The van der Waals surface area contributed by atoms with Crippen molar-refractivity contribution >= 4 is 31.7 Å². The summed E-state index contributed by atoms with van der Waals surface area (Å²) in [5.74, 6) is -0.190. The maximum atomic E-state index is 10.6. The van der Waals surface area contributed by atoms with Crippen LogP contribution in [0.2, 0.25) is 0 Å². The molecule has 0 saturated heterocycles. The molecule has 86 valence electrons. The van der Waals surface area contributed by atoms with Crippen molar-refractivity contribution in [2.24, 2.45) is 0 Å². The second kappa shape index (κ2) is 4.48. The molecule has 6 heteroatoms. The number of aromatic nitrogens is 1. The number of rotatable bonds is 4. The van der Waals surface area contributed by atoms with Gasteiger partial charge in [0.05, 0.1) is 5.75 Å². The zero-order valence-corrected chi connectivity index (χ0v) is 10.2. The summed E-state index contributed by atoms with van der Waals surface area (Å²) in [4.78, 5) is 0. The monoisotopic (exact) mass is 258 g/mol. The van der Waals surface area contributed by atoms with Gasteiger partial charge in [-0.25, -0.2) is 0 Å². The first-order valence-electron chi connectivity index (χ1n) is 4.87. The Balaban J connectivity index is 2.10. The summed E-state index contributed by atoms with van der Waals surface area (Å²) in [7, 11) is -3.84. The number of fused-ring (bicyclic) bond motifs is 1. The lowest BCUT2D eigenvalue weighted by Crippen LogP contribution is -2.32. The molecular formula is C10H12NO3S2+. The Labute approximate surface area is 97.9 Å². The standard InChI is InChI=1S/C10H11NO3S2/c12-16(13,14)7-3-6-11-8-15-10-5-2-1-4-9(10)11/h1-2,4-5,8H,3,6-7H2/p+1. The van der Waals surface area contributed by atoms with E-state index < -0.39 is 10.1 Å². The topological polar surface area (TPSA) is 58.3 Å². The van der Waals surface area contributed by atoms with Crippen LogP contribution in [0, 0.1) is 0 Å². The van der Waals surface area contributed by atoms with Crippen molar-refractivity contribution < 1.29 is 17.5 Å². The molecule has 0 aliphatic rings. The van der Waals surface area contributed by atoms with Gasteiger partial charge < -0.3 is 0 Å². The summed E-state index contributed by atoms with van der Waals surface area (Å²) >= 11 is 1.62. The van der Waals surface area contributed by atoms with Gasteiger partial charge in [-0.2, -0.15) is 13.0 Å². The van der Waals surface area contributed by atoms with Gasteiger partial charge in [0.15, 0.2) is 6.54 Å². The van der Waals surface area contributed by atoms with Crippen LogP contribution >= 0.6 is 11.3 Å². The van der Waals surface area contributed by atoms with Crippen LogP contribution in [-0.2, 0) is 16.7 Å². The van der Waals surface area contributed by atoms with Gasteiger partial charge in [-0.15, -0.1) is 0 Å². The van der Waals surface area contributed by atoms with Crippen LogP contribution < -0.4 is 4.57 Å². The predicted octanol–water partition coefficient (Wildman–Crippen LogP) is 1.47. The van der Waals surface area contributed by atoms with Gasteiger partial charge in [-0.3, -0.25) is 4.55 Å². The second-order valence-corrected chi connectivity index (χ2v) is 5.98. The maximum Gasteiger partial charge on any atom is 0.265 e. The lowest BCUT2D eigenvalue weighted by atomic mass is 10.3. The third kappa shape index (κ3) is 2.78. The Morgan fingerprint density at radius 2 is 2.06 bits per heavy atom. The molecule has 0 saturated carbocycles. The Hall–Kier alpha value is -0.980. The molecule has 0 radical (unpaired) electrons. The van der Waals surface area contributed by atoms with Gasteiger partial charge in [0.25, 0.3) is 10.1 Å². The first-order valence-corrected chi connectivity index (χ1v) is 7.36. The molecule has 0 unspecified atom stereocenters. The van der Waals surface area contributed by atoms with E-state index in [0.717, 1.165) is 5.52 Å². The maximum absolute atomic E-state index is 10.6. The minimum Gasteiger partial charge on any atom is -0.286 e. The number of benzene rings is 1. The van der Waals surface area contributed by atoms with Crippen molar-refractivity contribution in [2.45, 2.75) is 13.0 Å². The Kier molecular flexibility index (Phi) is 3.22. The molecular weight excluding hydrogens is 246 g/mol. The van der Waals surface area contributed by atoms with E-state index in [1.807, 2.05) is 34.3 Å². The minimum absolute atomic E-state index is 0.190. The molecule has 0 amide bonds. The van der Waals surface area contributed by atoms with E-state index in [0.29, 0.717) is 13.0 Å². The third-order valence-electron chi connectivity index (χ3n) is 2.28. The highest BCUT2D eigenvalue weighted by Gasteiger charge is 2.12. The number of thiazole rings is 1. The van der Waals surface area contributed by atoms with E-state index >= 15 is 0 Å². The highest BCUT2D eigenvalue weighted by atomic mass is 32.2. The van der Waals surface area contributed by atoms with E-state index in [4.69, 9.17) is 4.55 Å². The molecule has 0 spiro atoms. The van der Waals surface area contributed by atoms with Gasteiger partial charge in [-0.05, 0) is 6.07 Å². The van der Waals surface area contributed by atoms with Gasteiger partial charge in [-0.1, -0.05) is 23.5 Å². The number of nitrogens with zero attached hydrogens (tertiary/aromatic N) is 1. The highest BCUT2D eigenvalue weighted by Crippen LogP contribution is 2.14. The average molecular weight is 258 g/mol.